The molecule has 140 valence electrons. The minimum atomic E-state index is -0.328. The van der Waals surface area contributed by atoms with Gasteiger partial charge in [-0.05, 0) is 54.4 Å². The number of aryl methyl sites for hydroxylation is 1. The molecule has 0 unspecified atom stereocenters. The Bertz CT molecular complexity index is 808. The van der Waals surface area contributed by atoms with Gasteiger partial charge in [-0.2, -0.15) is 0 Å². The predicted molar refractivity (Wildman–Crippen MR) is 105 cm³/mol. The van der Waals surface area contributed by atoms with Gasteiger partial charge < -0.3 is 15.1 Å². The van der Waals surface area contributed by atoms with Crippen LogP contribution in [0.4, 0.5) is 0 Å². The summed E-state index contributed by atoms with van der Waals surface area (Å²) in [5.74, 6) is 1.61. The molecule has 0 aliphatic carbocycles. The number of nitrogens with one attached hydrogen (secondary N) is 1. The molecule has 0 radical (unpaired) electrons. The number of hydrogen-bond donors (Lipinski definition) is 1. The van der Waals surface area contributed by atoms with Crippen LogP contribution in [-0.2, 0) is 4.79 Å². The van der Waals surface area contributed by atoms with Crippen LogP contribution in [-0.4, -0.2) is 51.1 Å². The predicted octanol–water partition coefficient (Wildman–Crippen LogP) is 2.99. The highest BCUT2D eigenvalue weighted by Gasteiger charge is 2.39. The minimum absolute atomic E-state index is 0.0938. The van der Waals surface area contributed by atoms with Crippen molar-refractivity contribution in [2.24, 2.45) is 0 Å². The maximum absolute atomic E-state index is 13.1. The fraction of sp³-hybridized carbons (Fsp3) is 0.471. The van der Waals surface area contributed by atoms with Gasteiger partial charge in [-0.15, -0.1) is 10.2 Å². The van der Waals surface area contributed by atoms with Gasteiger partial charge in [0.2, 0.25) is 11.1 Å². The van der Waals surface area contributed by atoms with Gasteiger partial charge in [-0.25, -0.2) is 4.68 Å². The number of thioether (sulfide) groups is 1. The number of halogens is 1. The number of hydrogen-bond acceptors (Lipinski definition) is 6. The van der Waals surface area contributed by atoms with Crippen molar-refractivity contribution in [2.75, 3.05) is 25.6 Å². The molecule has 26 heavy (non-hydrogen) atoms. The van der Waals surface area contributed by atoms with Gasteiger partial charge in [-0.3, -0.25) is 4.79 Å². The highest BCUT2D eigenvalue weighted by atomic mass is 79.9. The summed E-state index contributed by atoms with van der Waals surface area (Å²) in [6.45, 7) is 7.23. The molecule has 0 saturated heterocycles. The summed E-state index contributed by atoms with van der Waals surface area (Å²) in [5.41, 5.74) is 4.42. The van der Waals surface area contributed by atoms with Crippen LogP contribution in [0.25, 0.3) is 0 Å². The second-order valence-corrected chi connectivity index (χ2v) is 7.88. The Morgan fingerprint density at radius 1 is 1.38 bits per heavy atom. The van der Waals surface area contributed by atoms with Crippen molar-refractivity contribution in [3.05, 3.63) is 34.1 Å². The van der Waals surface area contributed by atoms with Crippen LogP contribution < -0.4 is 10.2 Å². The third-order valence-corrected chi connectivity index (χ3v) is 6.27. The SMILES string of the molecule is CCN(CC)C(=O)[C@@H]1Sc2nnc(C)n2N[C@H]1c1ccc(OC)c(Br)c1. The van der Waals surface area contributed by atoms with Crippen molar-refractivity contribution in [1.82, 2.24) is 19.8 Å². The molecule has 3 rings (SSSR count). The molecule has 0 saturated carbocycles. The number of carbonyl (C=O) groups is 1. The summed E-state index contributed by atoms with van der Waals surface area (Å²) in [7, 11) is 1.63. The van der Waals surface area contributed by atoms with Gasteiger partial charge in [0, 0.05) is 13.1 Å². The highest BCUT2D eigenvalue weighted by molar-refractivity contribution is 9.10. The van der Waals surface area contributed by atoms with E-state index < -0.39 is 0 Å². The maximum atomic E-state index is 13.1. The Kier molecular flexibility index (Phi) is 5.76. The largest absolute Gasteiger partial charge is 0.496 e. The van der Waals surface area contributed by atoms with Crippen LogP contribution in [0.1, 0.15) is 31.3 Å². The first-order chi connectivity index (χ1) is 12.5. The molecule has 0 bridgehead atoms. The summed E-state index contributed by atoms with van der Waals surface area (Å²) in [6.07, 6.45) is 0. The quantitative estimate of drug-likeness (QED) is 0.771. The Labute approximate surface area is 165 Å². The summed E-state index contributed by atoms with van der Waals surface area (Å²) in [4.78, 5) is 15.0. The maximum Gasteiger partial charge on any atom is 0.238 e. The molecule has 1 aromatic heterocycles. The molecule has 2 atom stereocenters. The van der Waals surface area contributed by atoms with E-state index in [1.165, 1.54) is 11.8 Å². The van der Waals surface area contributed by atoms with E-state index in [-0.39, 0.29) is 17.2 Å². The number of fused-ring (bicyclic) bond motifs is 1. The lowest BCUT2D eigenvalue weighted by Gasteiger charge is -2.35. The highest BCUT2D eigenvalue weighted by Crippen LogP contribution is 2.39. The van der Waals surface area contributed by atoms with E-state index in [1.54, 1.807) is 7.11 Å². The van der Waals surface area contributed by atoms with Gasteiger partial charge in [0.15, 0.2) is 0 Å². The summed E-state index contributed by atoms with van der Waals surface area (Å²) >= 11 is 4.99. The number of nitrogens with zero attached hydrogens (tertiary/aromatic N) is 4. The second kappa shape index (κ2) is 7.87. The lowest BCUT2D eigenvalue weighted by molar-refractivity contribution is -0.130. The molecule has 9 heteroatoms. The monoisotopic (exact) mass is 439 g/mol. The van der Waals surface area contributed by atoms with E-state index >= 15 is 0 Å². The molecule has 7 nitrogen and oxygen atoms in total. The van der Waals surface area contributed by atoms with Crippen LogP contribution in [0.15, 0.2) is 27.8 Å². The molecule has 2 heterocycles. The molecule has 0 fully saturated rings. The molecule has 2 aromatic rings. The Morgan fingerprint density at radius 2 is 2.12 bits per heavy atom. The van der Waals surface area contributed by atoms with Gasteiger partial charge in [0.1, 0.15) is 16.8 Å². The molecular weight excluding hydrogens is 418 g/mol. The fourth-order valence-electron chi connectivity index (χ4n) is 2.99. The van der Waals surface area contributed by atoms with Gasteiger partial charge in [0.25, 0.3) is 0 Å². The standard InChI is InChI=1S/C17H22BrN5O2S/c1-5-22(6-2)16(24)15-14(11-7-8-13(25-4)12(18)9-11)21-23-10(3)19-20-17(23)26-15/h7-9,14-15,21H,5-6H2,1-4H3/t14-,15+/m0/s1. The lowest BCUT2D eigenvalue weighted by Crippen LogP contribution is -2.46. The van der Waals surface area contributed by atoms with Crippen LogP contribution in [0.3, 0.4) is 0 Å². The van der Waals surface area contributed by atoms with Crippen molar-refractivity contribution >= 4 is 33.6 Å². The molecule has 1 aromatic carbocycles. The Morgan fingerprint density at radius 3 is 2.73 bits per heavy atom. The van der Waals surface area contributed by atoms with E-state index in [9.17, 15) is 4.79 Å². The van der Waals surface area contributed by atoms with Crippen LogP contribution >= 0.6 is 27.7 Å². The first kappa shape index (κ1) is 19.0. The lowest BCUT2D eigenvalue weighted by atomic mass is 10.0. The van der Waals surface area contributed by atoms with E-state index in [1.807, 2.05) is 48.5 Å². The zero-order valence-electron chi connectivity index (χ0n) is 15.2. The minimum Gasteiger partial charge on any atom is -0.496 e. The van der Waals surface area contributed by atoms with Crippen molar-refractivity contribution < 1.29 is 9.53 Å². The zero-order valence-corrected chi connectivity index (χ0v) is 17.6. The topological polar surface area (TPSA) is 72.3 Å². The molecule has 1 amide bonds. The summed E-state index contributed by atoms with van der Waals surface area (Å²) < 4.78 is 8.02. The number of rotatable bonds is 5. The van der Waals surface area contributed by atoms with Gasteiger partial charge in [0.05, 0.1) is 17.6 Å². The Balaban J connectivity index is 2.02. The summed E-state index contributed by atoms with van der Waals surface area (Å²) in [6, 6.07) is 5.66. The van der Waals surface area contributed by atoms with Crippen LogP contribution in [0, 0.1) is 6.92 Å². The second-order valence-electron chi connectivity index (χ2n) is 5.91. The number of methoxy groups -OCH3 is 1. The van der Waals surface area contributed by atoms with Crippen molar-refractivity contribution in [3.8, 4) is 5.75 Å². The zero-order chi connectivity index (χ0) is 18.8. The third-order valence-electron chi connectivity index (χ3n) is 4.45. The smallest absolute Gasteiger partial charge is 0.238 e. The number of ether oxygens (including phenoxy) is 1. The van der Waals surface area contributed by atoms with E-state index in [4.69, 9.17) is 4.74 Å². The van der Waals surface area contributed by atoms with Crippen LogP contribution in [0.2, 0.25) is 0 Å². The average Bonchev–Trinajstić information content (AvgIpc) is 3.01. The van der Waals surface area contributed by atoms with Crippen molar-refractivity contribution in [1.29, 1.82) is 0 Å². The van der Waals surface area contributed by atoms with Crippen molar-refractivity contribution in [3.63, 3.8) is 0 Å². The van der Waals surface area contributed by atoms with Gasteiger partial charge in [-0.1, -0.05) is 17.8 Å². The number of aromatic nitrogens is 3. The molecule has 1 aliphatic rings. The van der Waals surface area contributed by atoms with E-state index in [0.717, 1.165) is 21.6 Å². The molecule has 0 spiro atoms. The summed E-state index contributed by atoms with van der Waals surface area (Å²) in [5, 5.41) is 8.69. The molecular formula is C17H22BrN5O2S. The average molecular weight is 440 g/mol. The van der Waals surface area contributed by atoms with Crippen molar-refractivity contribution in [2.45, 2.75) is 37.2 Å². The van der Waals surface area contributed by atoms with E-state index in [0.29, 0.717) is 18.2 Å². The number of benzene rings is 1. The molecule has 1 aliphatic heterocycles. The van der Waals surface area contributed by atoms with E-state index in [2.05, 4.69) is 31.6 Å². The number of carbonyl (C=O) groups excluding carboxylic acids is 1. The molecule has 1 N–H and O–H groups in total. The first-order valence-corrected chi connectivity index (χ1v) is 10.1. The first-order valence-electron chi connectivity index (χ1n) is 8.47. The van der Waals surface area contributed by atoms with Gasteiger partial charge >= 0.3 is 0 Å². The van der Waals surface area contributed by atoms with Crippen LogP contribution in [0.5, 0.6) is 5.75 Å². The number of amides is 1. The third kappa shape index (κ3) is 3.42. The Hall–Kier alpha value is -1.74. The normalized spacial score (nSPS) is 18.8. The fourth-order valence-corrected chi connectivity index (χ4v) is 4.76.